The number of carbonyl (C=O) groups is 1. The standard InChI is InChI=1S/C20H23N3O2S2/c24-17(22-10-4-5-11-22)14-27-20-21-16-9-13-26-18(16)19(25)23(20)12-8-15-6-2-1-3-7-15/h1-3,6-7H,4-5,8-14H2. The van der Waals surface area contributed by atoms with E-state index in [-0.39, 0.29) is 11.5 Å². The molecule has 4 rings (SSSR count). The molecular formula is C20H23N3O2S2. The van der Waals surface area contributed by atoms with E-state index >= 15 is 0 Å². The van der Waals surface area contributed by atoms with Crippen molar-refractivity contribution in [3.05, 3.63) is 51.9 Å². The van der Waals surface area contributed by atoms with E-state index in [9.17, 15) is 9.59 Å². The van der Waals surface area contributed by atoms with Gasteiger partial charge in [-0.3, -0.25) is 14.2 Å². The SMILES string of the molecule is O=C(CSc1nc2c(c(=O)n1CCc1ccccc1)SCC2)N1CCCC1. The second-order valence-corrected chi connectivity index (χ2v) is 8.89. The predicted octanol–water partition coefficient (Wildman–Crippen LogP) is 2.85. The van der Waals surface area contributed by atoms with Crippen molar-refractivity contribution in [2.75, 3.05) is 24.6 Å². The second kappa shape index (κ2) is 8.52. The zero-order chi connectivity index (χ0) is 18.6. The number of amides is 1. The molecule has 1 amide bonds. The second-order valence-electron chi connectivity index (χ2n) is 6.84. The lowest BCUT2D eigenvalue weighted by Gasteiger charge is -2.16. The third-order valence-electron chi connectivity index (χ3n) is 5.00. The number of likely N-dealkylation sites (tertiary alicyclic amines) is 1. The number of nitrogens with zero attached hydrogens (tertiary/aromatic N) is 3. The lowest BCUT2D eigenvalue weighted by molar-refractivity contribution is -0.127. The molecule has 2 aliphatic rings. The smallest absolute Gasteiger partial charge is 0.268 e. The van der Waals surface area contributed by atoms with E-state index in [2.05, 4.69) is 12.1 Å². The summed E-state index contributed by atoms with van der Waals surface area (Å²) in [5.41, 5.74) is 2.15. The van der Waals surface area contributed by atoms with Crippen LogP contribution in [0.15, 0.2) is 45.2 Å². The van der Waals surface area contributed by atoms with Gasteiger partial charge in [-0.25, -0.2) is 4.98 Å². The van der Waals surface area contributed by atoms with Crippen LogP contribution in [-0.4, -0.2) is 45.0 Å². The first-order chi connectivity index (χ1) is 13.2. The molecule has 0 atom stereocenters. The normalized spacial score (nSPS) is 15.9. The van der Waals surface area contributed by atoms with Gasteiger partial charge in [0.15, 0.2) is 5.16 Å². The van der Waals surface area contributed by atoms with Gasteiger partial charge in [0.05, 0.1) is 16.3 Å². The van der Waals surface area contributed by atoms with Crippen LogP contribution in [0.2, 0.25) is 0 Å². The summed E-state index contributed by atoms with van der Waals surface area (Å²) in [5, 5.41) is 0.685. The van der Waals surface area contributed by atoms with Crippen molar-refractivity contribution < 1.29 is 4.79 Å². The van der Waals surface area contributed by atoms with Gasteiger partial charge in [0.2, 0.25) is 5.91 Å². The first-order valence-corrected chi connectivity index (χ1v) is 11.4. The molecule has 1 aromatic carbocycles. The summed E-state index contributed by atoms with van der Waals surface area (Å²) in [7, 11) is 0. The quantitative estimate of drug-likeness (QED) is 0.550. The highest BCUT2D eigenvalue weighted by Gasteiger charge is 2.23. The van der Waals surface area contributed by atoms with Crippen molar-refractivity contribution in [2.45, 2.75) is 42.3 Å². The molecule has 0 aliphatic carbocycles. The highest BCUT2D eigenvalue weighted by Crippen LogP contribution is 2.29. The number of rotatable bonds is 6. The molecule has 0 bridgehead atoms. The van der Waals surface area contributed by atoms with Crippen LogP contribution in [0.25, 0.3) is 0 Å². The van der Waals surface area contributed by atoms with Crippen LogP contribution in [0, 0.1) is 0 Å². The molecule has 142 valence electrons. The van der Waals surface area contributed by atoms with Gasteiger partial charge in [0.25, 0.3) is 5.56 Å². The first-order valence-electron chi connectivity index (χ1n) is 9.43. The van der Waals surface area contributed by atoms with Gasteiger partial charge >= 0.3 is 0 Å². The molecule has 3 heterocycles. The number of fused-ring (bicyclic) bond motifs is 1. The predicted molar refractivity (Wildman–Crippen MR) is 110 cm³/mol. The molecule has 7 heteroatoms. The number of aryl methyl sites for hydroxylation is 2. The number of aromatic nitrogens is 2. The monoisotopic (exact) mass is 401 g/mol. The van der Waals surface area contributed by atoms with Gasteiger partial charge in [-0.15, -0.1) is 11.8 Å². The molecule has 1 aromatic heterocycles. The fourth-order valence-corrected chi connectivity index (χ4v) is 5.49. The van der Waals surface area contributed by atoms with Crippen molar-refractivity contribution in [3.8, 4) is 0 Å². The Morgan fingerprint density at radius 2 is 1.96 bits per heavy atom. The molecule has 27 heavy (non-hydrogen) atoms. The summed E-state index contributed by atoms with van der Waals surface area (Å²) in [6.07, 6.45) is 3.79. The summed E-state index contributed by atoms with van der Waals surface area (Å²) < 4.78 is 1.77. The third kappa shape index (κ3) is 4.24. The Morgan fingerprint density at radius 3 is 2.74 bits per heavy atom. The lowest BCUT2D eigenvalue weighted by atomic mass is 10.1. The summed E-state index contributed by atoms with van der Waals surface area (Å²) in [6, 6.07) is 10.2. The van der Waals surface area contributed by atoms with E-state index in [0.29, 0.717) is 17.5 Å². The molecule has 0 unspecified atom stereocenters. The number of thioether (sulfide) groups is 2. The fraction of sp³-hybridized carbons (Fsp3) is 0.450. The van der Waals surface area contributed by atoms with Crippen LogP contribution in [0.5, 0.6) is 0 Å². The van der Waals surface area contributed by atoms with Crippen LogP contribution >= 0.6 is 23.5 Å². The molecule has 2 aliphatic heterocycles. The zero-order valence-electron chi connectivity index (χ0n) is 15.2. The van der Waals surface area contributed by atoms with E-state index in [4.69, 9.17) is 4.98 Å². The molecule has 0 radical (unpaired) electrons. The van der Waals surface area contributed by atoms with Gasteiger partial charge in [-0.2, -0.15) is 0 Å². The van der Waals surface area contributed by atoms with Crippen molar-refractivity contribution in [1.82, 2.24) is 14.5 Å². The van der Waals surface area contributed by atoms with E-state index in [0.717, 1.165) is 55.1 Å². The highest BCUT2D eigenvalue weighted by molar-refractivity contribution is 8.00. The summed E-state index contributed by atoms with van der Waals surface area (Å²) in [5.74, 6) is 1.41. The summed E-state index contributed by atoms with van der Waals surface area (Å²) >= 11 is 3.01. The van der Waals surface area contributed by atoms with Crippen molar-refractivity contribution in [3.63, 3.8) is 0 Å². The van der Waals surface area contributed by atoms with E-state index in [1.807, 2.05) is 23.1 Å². The summed E-state index contributed by atoms with van der Waals surface area (Å²) in [4.78, 5) is 32.9. The van der Waals surface area contributed by atoms with Gasteiger partial charge < -0.3 is 4.90 Å². The van der Waals surface area contributed by atoms with E-state index < -0.39 is 0 Å². The molecule has 5 nitrogen and oxygen atoms in total. The molecule has 0 saturated carbocycles. The van der Waals surface area contributed by atoms with E-state index in [1.165, 1.54) is 17.3 Å². The minimum atomic E-state index is 0.0505. The first kappa shape index (κ1) is 18.6. The Morgan fingerprint density at radius 1 is 1.19 bits per heavy atom. The maximum atomic E-state index is 13.0. The Bertz CT molecular complexity index is 877. The third-order valence-corrected chi connectivity index (χ3v) is 7.07. The molecule has 2 aromatic rings. The van der Waals surface area contributed by atoms with E-state index in [1.54, 1.807) is 16.3 Å². The Balaban J connectivity index is 1.54. The van der Waals surface area contributed by atoms with Crippen LogP contribution in [-0.2, 0) is 24.2 Å². The number of benzene rings is 1. The summed E-state index contributed by atoms with van der Waals surface area (Å²) in [6.45, 7) is 2.30. The van der Waals surface area contributed by atoms with Crippen LogP contribution in [0.1, 0.15) is 24.1 Å². The van der Waals surface area contributed by atoms with Gasteiger partial charge in [0, 0.05) is 31.8 Å². The van der Waals surface area contributed by atoms with Crippen molar-refractivity contribution >= 4 is 29.4 Å². The molecule has 1 fully saturated rings. The van der Waals surface area contributed by atoms with Crippen molar-refractivity contribution in [1.29, 1.82) is 0 Å². The highest BCUT2D eigenvalue weighted by atomic mass is 32.2. The topological polar surface area (TPSA) is 55.2 Å². The van der Waals surface area contributed by atoms with Crippen molar-refractivity contribution in [2.24, 2.45) is 0 Å². The lowest BCUT2D eigenvalue weighted by Crippen LogP contribution is -2.30. The molecule has 1 saturated heterocycles. The average molecular weight is 402 g/mol. The van der Waals surface area contributed by atoms with Gasteiger partial charge in [-0.1, -0.05) is 42.1 Å². The Hall–Kier alpha value is -1.73. The molecule has 0 N–H and O–H groups in total. The minimum Gasteiger partial charge on any atom is -0.342 e. The maximum Gasteiger partial charge on any atom is 0.268 e. The minimum absolute atomic E-state index is 0.0505. The Labute approximate surface area is 167 Å². The molecular weight excluding hydrogens is 378 g/mol. The van der Waals surface area contributed by atoms with Gasteiger partial charge in [0.1, 0.15) is 0 Å². The fourth-order valence-electron chi connectivity index (χ4n) is 3.50. The maximum absolute atomic E-state index is 13.0. The zero-order valence-corrected chi connectivity index (χ0v) is 16.9. The van der Waals surface area contributed by atoms with Gasteiger partial charge in [-0.05, 0) is 24.8 Å². The van der Waals surface area contributed by atoms with Crippen LogP contribution < -0.4 is 5.56 Å². The number of carbonyl (C=O) groups excluding carboxylic acids is 1. The molecule has 0 spiro atoms. The number of hydrogen-bond donors (Lipinski definition) is 0. The average Bonchev–Trinajstić information content (AvgIpc) is 3.38. The number of hydrogen-bond acceptors (Lipinski definition) is 5. The van der Waals surface area contributed by atoms with Crippen LogP contribution in [0.3, 0.4) is 0 Å². The Kier molecular flexibility index (Phi) is 5.88. The largest absolute Gasteiger partial charge is 0.342 e. The van der Waals surface area contributed by atoms with Crippen LogP contribution in [0.4, 0.5) is 0 Å².